The van der Waals surface area contributed by atoms with Crippen LogP contribution in [0.15, 0.2) is 10.2 Å². The molecule has 4 nitrogen and oxygen atoms in total. The Morgan fingerprint density at radius 1 is 1.57 bits per heavy atom. The summed E-state index contributed by atoms with van der Waals surface area (Å²) in [5, 5.41) is 6.83. The highest BCUT2D eigenvalue weighted by Crippen LogP contribution is 1.73. The van der Waals surface area contributed by atoms with Crippen LogP contribution in [0, 0.1) is 0 Å². The van der Waals surface area contributed by atoms with Gasteiger partial charge in [0, 0.05) is 7.05 Å². The molecule has 0 fully saturated rings. The van der Waals surface area contributed by atoms with E-state index in [-0.39, 0.29) is 6.73 Å². The van der Waals surface area contributed by atoms with E-state index in [0.717, 1.165) is 0 Å². The molecule has 7 heavy (non-hydrogen) atoms. The van der Waals surface area contributed by atoms with Crippen molar-refractivity contribution in [1.82, 2.24) is 0 Å². The Labute approximate surface area is 42.1 Å². The van der Waals surface area contributed by atoms with Gasteiger partial charge in [-0.1, -0.05) is 0 Å². The predicted octanol–water partition coefficient (Wildman–Crippen LogP) is 0.604. The van der Waals surface area contributed by atoms with Gasteiger partial charge < -0.3 is 0 Å². The Balaban J connectivity index is 2.69. The zero-order valence-corrected chi connectivity index (χ0v) is 4.42. The third-order valence-electron chi connectivity index (χ3n) is 0.370. The maximum atomic E-state index is 4.31. The number of rotatable bonds is 3. The molecule has 0 amide bonds. The molecule has 0 rings (SSSR count). The smallest absolute Gasteiger partial charge is 0.192 e. The molecule has 0 saturated heterocycles. The topological polar surface area (TPSA) is 43.2 Å². The fourth-order valence-electron chi connectivity index (χ4n) is 0.134. The van der Waals surface area contributed by atoms with E-state index in [0.29, 0.717) is 0 Å². The molecule has 0 saturated carbocycles. The van der Waals surface area contributed by atoms with E-state index in [1.807, 2.05) is 0 Å². The largest absolute Gasteiger partial charge is 0.238 e. The minimum absolute atomic E-state index is 0.174. The summed E-state index contributed by atoms with van der Waals surface area (Å²) in [6, 6.07) is 0. The molecule has 0 heterocycles. The lowest BCUT2D eigenvalue weighted by Crippen LogP contribution is -1.86. The van der Waals surface area contributed by atoms with Crippen molar-refractivity contribution in [3.8, 4) is 0 Å². The van der Waals surface area contributed by atoms with Crippen LogP contribution in [0.25, 0.3) is 0 Å². The molecular formula is C3H8N2O2. The van der Waals surface area contributed by atoms with Crippen LogP contribution in [-0.2, 0) is 9.78 Å². The van der Waals surface area contributed by atoms with Gasteiger partial charge in [0.1, 0.15) is 0 Å². The van der Waals surface area contributed by atoms with Gasteiger partial charge in [-0.3, -0.25) is 0 Å². The molecule has 0 radical (unpaired) electrons. The van der Waals surface area contributed by atoms with Crippen molar-refractivity contribution >= 4 is 0 Å². The van der Waals surface area contributed by atoms with E-state index < -0.39 is 0 Å². The van der Waals surface area contributed by atoms with Gasteiger partial charge in [0.05, 0.1) is 7.11 Å². The van der Waals surface area contributed by atoms with Gasteiger partial charge in [-0.05, 0) is 0 Å². The first-order valence-corrected chi connectivity index (χ1v) is 1.83. The zero-order chi connectivity index (χ0) is 5.54. The van der Waals surface area contributed by atoms with E-state index >= 15 is 0 Å². The Bertz CT molecular complexity index is 54.9. The molecule has 0 unspecified atom stereocenters. The van der Waals surface area contributed by atoms with Crippen LogP contribution in [-0.4, -0.2) is 20.9 Å². The lowest BCUT2D eigenvalue weighted by molar-refractivity contribution is -0.271. The van der Waals surface area contributed by atoms with Crippen LogP contribution in [0.5, 0.6) is 0 Å². The van der Waals surface area contributed by atoms with Gasteiger partial charge in [-0.2, -0.15) is 10.2 Å². The average Bonchev–Trinajstić information content (AvgIpc) is 1.69. The standard InChI is InChI=1S/C3H8N2O2/c1-4-5-3-7-6-2/h3H2,1-2H3. The second-order valence-electron chi connectivity index (χ2n) is 0.755. The van der Waals surface area contributed by atoms with Gasteiger partial charge in [0.15, 0.2) is 6.73 Å². The molecule has 0 bridgehead atoms. The maximum Gasteiger partial charge on any atom is 0.192 e. The Morgan fingerprint density at radius 3 is 2.71 bits per heavy atom. The van der Waals surface area contributed by atoms with Crippen molar-refractivity contribution in [3.63, 3.8) is 0 Å². The minimum Gasteiger partial charge on any atom is -0.238 e. The van der Waals surface area contributed by atoms with Crippen LogP contribution in [0.2, 0.25) is 0 Å². The summed E-state index contributed by atoms with van der Waals surface area (Å²) in [5.41, 5.74) is 0. The summed E-state index contributed by atoms with van der Waals surface area (Å²) in [6.07, 6.45) is 0. The predicted molar refractivity (Wildman–Crippen MR) is 23.7 cm³/mol. The van der Waals surface area contributed by atoms with Gasteiger partial charge in [0.2, 0.25) is 0 Å². The van der Waals surface area contributed by atoms with Gasteiger partial charge >= 0.3 is 0 Å². The normalized spacial score (nSPS) is 10.6. The number of azo groups is 1. The highest BCUT2D eigenvalue weighted by Gasteiger charge is 1.72. The summed E-state index contributed by atoms with van der Waals surface area (Å²) >= 11 is 0. The second kappa shape index (κ2) is 5.52. The third-order valence-corrected chi connectivity index (χ3v) is 0.370. The van der Waals surface area contributed by atoms with Crippen molar-refractivity contribution in [1.29, 1.82) is 0 Å². The highest BCUT2D eigenvalue weighted by molar-refractivity contribution is 4.08. The molecule has 0 aromatic heterocycles. The second-order valence-corrected chi connectivity index (χ2v) is 0.755. The van der Waals surface area contributed by atoms with E-state index in [1.165, 1.54) is 7.11 Å². The van der Waals surface area contributed by atoms with Gasteiger partial charge in [-0.15, -0.1) is 0 Å². The molecule has 0 aromatic rings. The summed E-state index contributed by atoms with van der Waals surface area (Å²) in [6.45, 7) is 0.174. The maximum absolute atomic E-state index is 4.31. The monoisotopic (exact) mass is 104 g/mol. The van der Waals surface area contributed by atoms with Crippen molar-refractivity contribution in [2.45, 2.75) is 0 Å². The van der Waals surface area contributed by atoms with E-state index in [4.69, 9.17) is 0 Å². The highest BCUT2D eigenvalue weighted by atomic mass is 17.2. The summed E-state index contributed by atoms with van der Waals surface area (Å²) < 4.78 is 0. The lowest BCUT2D eigenvalue weighted by atomic mass is 11.3. The first-order chi connectivity index (χ1) is 3.41. The third kappa shape index (κ3) is 5.52. The molecule has 0 aliphatic heterocycles. The molecule has 0 aromatic carbocycles. The van der Waals surface area contributed by atoms with E-state index in [1.54, 1.807) is 7.05 Å². The fourth-order valence-corrected chi connectivity index (χ4v) is 0.134. The average molecular weight is 104 g/mol. The van der Waals surface area contributed by atoms with Crippen LogP contribution in [0.4, 0.5) is 0 Å². The number of hydrogen-bond donors (Lipinski definition) is 0. The molecule has 0 aliphatic rings. The Morgan fingerprint density at radius 2 is 2.29 bits per heavy atom. The van der Waals surface area contributed by atoms with Gasteiger partial charge in [-0.25, -0.2) is 9.78 Å². The molecule has 0 N–H and O–H groups in total. The minimum atomic E-state index is 0.174. The number of hydrogen-bond acceptors (Lipinski definition) is 4. The van der Waals surface area contributed by atoms with Gasteiger partial charge in [0.25, 0.3) is 0 Å². The SMILES string of the molecule is CN=NCOOC. The first-order valence-electron chi connectivity index (χ1n) is 1.83. The fraction of sp³-hybridized carbons (Fsp3) is 1.00. The van der Waals surface area contributed by atoms with E-state index in [2.05, 4.69) is 20.0 Å². The van der Waals surface area contributed by atoms with Crippen LogP contribution < -0.4 is 0 Å². The van der Waals surface area contributed by atoms with Crippen LogP contribution in [0.3, 0.4) is 0 Å². The molecular weight excluding hydrogens is 96.0 g/mol. The van der Waals surface area contributed by atoms with Crippen molar-refractivity contribution in [2.75, 3.05) is 20.9 Å². The molecule has 4 heteroatoms. The molecule has 0 aliphatic carbocycles. The summed E-state index contributed by atoms with van der Waals surface area (Å²) in [4.78, 5) is 8.50. The molecule has 42 valence electrons. The van der Waals surface area contributed by atoms with E-state index in [9.17, 15) is 0 Å². The van der Waals surface area contributed by atoms with Crippen LogP contribution >= 0.6 is 0 Å². The summed E-state index contributed by atoms with van der Waals surface area (Å²) in [7, 11) is 2.99. The van der Waals surface area contributed by atoms with Crippen molar-refractivity contribution < 1.29 is 9.78 Å². The van der Waals surface area contributed by atoms with Crippen LogP contribution in [0.1, 0.15) is 0 Å². The quantitative estimate of drug-likeness (QED) is 0.228. The number of nitrogens with zero attached hydrogens (tertiary/aromatic N) is 2. The Hall–Kier alpha value is -0.480. The first kappa shape index (κ1) is 6.52. The molecule has 0 atom stereocenters. The lowest BCUT2D eigenvalue weighted by Gasteiger charge is -1.88. The van der Waals surface area contributed by atoms with Crippen molar-refractivity contribution in [2.24, 2.45) is 10.2 Å². The zero-order valence-electron chi connectivity index (χ0n) is 4.42. The molecule has 0 spiro atoms. The van der Waals surface area contributed by atoms with Crippen molar-refractivity contribution in [3.05, 3.63) is 0 Å². The summed E-state index contributed by atoms with van der Waals surface area (Å²) in [5.74, 6) is 0. The Kier molecular flexibility index (Phi) is 5.14.